The number of aromatic nitrogens is 1. The van der Waals surface area contributed by atoms with Crippen LogP contribution in [0.1, 0.15) is 66.6 Å². The summed E-state index contributed by atoms with van der Waals surface area (Å²) in [5, 5.41) is 20.4. The van der Waals surface area contributed by atoms with Crippen molar-refractivity contribution in [1.82, 2.24) is 4.98 Å². The predicted octanol–water partition coefficient (Wildman–Crippen LogP) is 6.08. The molecule has 0 aliphatic carbocycles. The number of carboxylic acid groups (broad SMARTS) is 1. The number of nitrogens with zero attached hydrogens (tertiary/aromatic N) is 2. The number of methoxy groups -OCH3 is 2. The lowest BCUT2D eigenvalue weighted by Crippen LogP contribution is -2.45. The molecule has 1 amide bonds. The van der Waals surface area contributed by atoms with Crippen LogP contribution in [0.5, 0.6) is 11.5 Å². The molecule has 2 N–H and O–H groups in total. The molecule has 0 spiro atoms. The topological polar surface area (TPSA) is 118 Å². The molecule has 9 nitrogen and oxygen atoms in total. The van der Waals surface area contributed by atoms with Crippen LogP contribution in [0.25, 0.3) is 0 Å². The number of aryl methyl sites for hydroxylation is 2. The highest BCUT2D eigenvalue weighted by atomic mass is 35.5. The Morgan fingerprint density at radius 2 is 1.93 bits per heavy atom. The number of aliphatic hydroxyl groups is 1. The maximum Gasteiger partial charge on any atom is 0.303 e. The first-order valence-electron chi connectivity index (χ1n) is 14.3. The van der Waals surface area contributed by atoms with Gasteiger partial charge in [0.2, 0.25) is 0 Å². The highest BCUT2D eigenvalue weighted by molar-refractivity contribution is 7.11. The van der Waals surface area contributed by atoms with Gasteiger partial charge in [-0.15, -0.1) is 11.3 Å². The zero-order valence-corrected chi connectivity index (χ0v) is 26.5. The second kappa shape index (κ2) is 14.5. The number of carbonyl (C=O) groups excluding carboxylic acids is 1. The van der Waals surface area contributed by atoms with Gasteiger partial charge in [-0.1, -0.05) is 37.6 Å². The van der Waals surface area contributed by atoms with Gasteiger partial charge in [-0.3, -0.25) is 9.59 Å². The van der Waals surface area contributed by atoms with E-state index in [1.807, 2.05) is 38.1 Å². The van der Waals surface area contributed by atoms with E-state index in [0.29, 0.717) is 59.9 Å². The van der Waals surface area contributed by atoms with Crippen molar-refractivity contribution in [2.24, 2.45) is 5.41 Å². The minimum absolute atomic E-state index is 0.1000. The number of aliphatic carboxylic acids is 1. The maximum absolute atomic E-state index is 14.2. The van der Waals surface area contributed by atoms with E-state index in [2.05, 4.69) is 4.98 Å². The fourth-order valence-corrected chi connectivity index (χ4v) is 6.38. The van der Waals surface area contributed by atoms with Gasteiger partial charge < -0.3 is 29.3 Å². The first-order valence-corrected chi connectivity index (χ1v) is 15.5. The van der Waals surface area contributed by atoms with E-state index in [1.165, 1.54) is 0 Å². The Kier molecular flexibility index (Phi) is 11.1. The van der Waals surface area contributed by atoms with Crippen LogP contribution in [-0.4, -0.2) is 60.5 Å². The van der Waals surface area contributed by atoms with Crippen molar-refractivity contribution in [2.45, 2.75) is 64.6 Å². The van der Waals surface area contributed by atoms with E-state index in [1.54, 1.807) is 48.8 Å². The molecule has 1 aliphatic rings. The van der Waals surface area contributed by atoms with Gasteiger partial charge in [0.1, 0.15) is 12.2 Å². The molecule has 1 aromatic heterocycles. The van der Waals surface area contributed by atoms with Gasteiger partial charge in [0, 0.05) is 57.9 Å². The van der Waals surface area contributed by atoms with Crippen molar-refractivity contribution >= 4 is 40.5 Å². The van der Waals surface area contributed by atoms with Crippen LogP contribution in [-0.2, 0) is 27.2 Å². The van der Waals surface area contributed by atoms with Crippen LogP contribution >= 0.6 is 22.9 Å². The molecule has 2 atom stereocenters. The smallest absolute Gasteiger partial charge is 0.303 e. The quantitative estimate of drug-likeness (QED) is 0.220. The Hall–Kier alpha value is -3.18. The van der Waals surface area contributed by atoms with E-state index in [0.717, 1.165) is 15.4 Å². The molecule has 2 aromatic carbocycles. The number of fused-ring (bicyclic) bond motifs is 1. The number of para-hydroxylation sites is 1. The summed E-state index contributed by atoms with van der Waals surface area (Å²) in [6.45, 7) is 4.01. The Morgan fingerprint density at radius 1 is 1.14 bits per heavy atom. The zero-order valence-electron chi connectivity index (χ0n) is 25.0. The van der Waals surface area contributed by atoms with Crippen LogP contribution in [0.4, 0.5) is 5.69 Å². The lowest BCUT2D eigenvalue weighted by atomic mass is 9.92. The molecule has 43 heavy (non-hydrogen) atoms. The van der Waals surface area contributed by atoms with Crippen LogP contribution in [0, 0.1) is 5.41 Å². The molecule has 232 valence electrons. The molecule has 2 heterocycles. The van der Waals surface area contributed by atoms with E-state index in [-0.39, 0.29) is 25.5 Å². The molecule has 0 saturated heterocycles. The van der Waals surface area contributed by atoms with Gasteiger partial charge in [-0.25, -0.2) is 4.98 Å². The lowest BCUT2D eigenvalue weighted by molar-refractivity contribution is -0.137. The van der Waals surface area contributed by atoms with E-state index in [4.69, 9.17) is 30.9 Å². The van der Waals surface area contributed by atoms with Crippen molar-refractivity contribution < 1.29 is 34.0 Å². The summed E-state index contributed by atoms with van der Waals surface area (Å²) in [5.41, 5.74) is 1.52. The Bertz CT molecular complexity index is 1430. The van der Waals surface area contributed by atoms with Gasteiger partial charge in [0.25, 0.3) is 5.91 Å². The number of rotatable bonds is 14. The highest BCUT2D eigenvalue weighted by Crippen LogP contribution is 2.45. The number of anilines is 1. The number of aliphatic hydroxyl groups excluding tert-OH is 1. The maximum atomic E-state index is 14.2. The number of carboxylic acids is 1. The van der Waals surface area contributed by atoms with Crippen molar-refractivity contribution in [3.05, 3.63) is 68.6 Å². The number of ether oxygens (including phenoxy) is 3. The number of halogens is 1. The molecule has 1 aliphatic heterocycles. The van der Waals surface area contributed by atoms with E-state index in [9.17, 15) is 14.7 Å². The Morgan fingerprint density at radius 3 is 2.63 bits per heavy atom. The summed E-state index contributed by atoms with van der Waals surface area (Å²) in [6, 6.07) is 11.0. The number of hydrogen-bond acceptors (Lipinski definition) is 8. The summed E-state index contributed by atoms with van der Waals surface area (Å²) in [4.78, 5) is 32.3. The first kappa shape index (κ1) is 32.7. The van der Waals surface area contributed by atoms with Crippen molar-refractivity contribution in [3.63, 3.8) is 0 Å². The third-order valence-corrected chi connectivity index (χ3v) is 8.76. The third-order valence-electron chi connectivity index (χ3n) is 7.41. The van der Waals surface area contributed by atoms with Gasteiger partial charge >= 0.3 is 5.97 Å². The second-order valence-corrected chi connectivity index (χ2v) is 13.0. The van der Waals surface area contributed by atoms with Gasteiger partial charge in [0.15, 0.2) is 11.5 Å². The van der Waals surface area contributed by atoms with Crippen LogP contribution in [0.3, 0.4) is 0 Å². The molecule has 0 saturated carbocycles. The molecular formula is C32H39ClN2O7S. The highest BCUT2D eigenvalue weighted by Gasteiger charge is 2.39. The minimum atomic E-state index is -0.802. The molecule has 3 aromatic rings. The van der Waals surface area contributed by atoms with E-state index >= 15 is 0 Å². The van der Waals surface area contributed by atoms with Gasteiger partial charge in [0.05, 0.1) is 19.2 Å². The molecular weight excluding hydrogens is 592 g/mol. The standard InChI is InChI=1S/C32H39ClN2O7S/c1-32(2,19-36)18-35-24-15-14-20(33)16-23(24)29(22-9-6-10-25(40-3)30(22)41-4)42-26(31(35)39)11-7-12-27-34-17-21(43-27)8-5-13-28(37)38/h6,9-10,14-17,26,29,36H,5,7-8,11-13,18-19H2,1-4H3,(H,37,38). The number of benzene rings is 2. The molecule has 2 unspecified atom stereocenters. The summed E-state index contributed by atoms with van der Waals surface area (Å²) in [6.07, 6.45) is 3.44. The Balaban J connectivity index is 1.66. The number of carbonyl (C=O) groups is 2. The summed E-state index contributed by atoms with van der Waals surface area (Å²) in [7, 11) is 3.14. The number of hydrogen-bond donors (Lipinski definition) is 2. The third kappa shape index (κ3) is 8.06. The molecule has 0 radical (unpaired) electrons. The molecule has 11 heteroatoms. The second-order valence-electron chi connectivity index (χ2n) is 11.4. The van der Waals surface area contributed by atoms with Crippen LogP contribution in [0.2, 0.25) is 5.02 Å². The molecule has 0 fully saturated rings. The fraction of sp³-hybridized carbons (Fsp3) is 0.469. The number of amides is 1. The van der Waals surface area contributed by atoms with Crippen LogP contribution < -0.4 is 14.4 Å². The average Bonchev–Trinajstić information content (AvgIpc) is 3.40. The largest absolute Gasteiger partial charge is 0.493 e. The first-order chi connectivity index (χ1) is 20.6. The average molecular weight is 631 g/mol. The van der Waals surface area contributed by atoms with Gasteiger partial charge in [-0.2, -0.15) is 0 Å². The summed E-state index contributed by atoms with van der Waals surface area (Å²) in [5.74, 6) is 0.0569. The molecule has 0 bridgehead atoms. The number of thiazole rings is 1. The SMILES string of the molecule is COc1cccc(C2OC(CCCc3ncc(CCCC(=O)O)s3)C(=O)N(CC(C)(C)CO)c3ccc(Cl)cc32)c1OC. The molecule has 4 rings (SSSR count). The van der Waals surface area contributed by atoms with Crippen molar-refractivity contribution in [1.29, 1.82) is 0 Å². The Labute approximate surface area is 261 Å². The van der Waals surface area contributed by atoms with Crippen molar-refractivity contribution in [3.8, 4) is 11.5 Å². The van der Waals surface area contributed by atoms with E-state index < -0.39 is 23.6 Å². The normalized spacial score (nSPS) is 17.0. The van der Waals surface area contributed by atoms with Crippen LogP contribution in [0.15, 0.2) is 42.6 Å². The van der Waals surface area contributed by atoms with Gasteiger partial charge in [-0.05, 0) is 56.4 Å². The lowest BCUT2D eigenvalue weighted by Gasteiger charge is -2.32. The fourth-order valence-electron chi connectivity index (χ4n) is 5.19. The monoisotopic (exact) mass is 630 g/mol. The predicted molar refractivity (Wildman–Crippen MR) is 167 cm³/mol. The summed E-state index contributed by atoms with van der Waals surface area (Å²) < 4.78 is 18.0. The zero-order chi connectivity index (χ0) is 31.1. The van der Waals surface area contributed by atoms with Crippen molar-refractivity contribution in [2.75, 3.05) is 32.3 Å². The summed E-state index contributed by atoms with van der Waals surface area (Å²) >= 11 is 8.08. The minimum Gasteiger partial charge on any atom is -0.493 e.